The summed E-state index contributed by atoms with van der Waals surface area (Å²) in [5.74, 6) is -0.694. The van der Waals surface area contributed by atoms with Crippen LogP contribution in [-0.2, 0) is 15.0 Å². The summed E-state index contributed by atoms with van der Waals surface area (Å²) < 4.78 is 27.9. The molecule has 2 N–H and O–H groups in total. The van der Waals surface area contributed by atoms with Gasteiger partial charge in [0.25, 0.3) is 10.2 Å². The average molecular weight is 278 g/mol. The molecule has 18 heavy (non-hydrogen) atoms. The van der Waals surface area contributed by atoms with Crippen LogP contribution in [0.1, 0.15) is 33.1 Å². The summed E-state index contributed by atoms with van der Waals surface area (Å²) in [7, 11) is -3.46. The van der Waals surface area contributed by atoms with E-state index >= 15 is 0 Å². The van der Waals surface area contributed by atoms with E-state index in [4.69, 9.17) is 5.11 Å². The smallest absolute Gasteiger partial charge is 0.303 e. The largest absolute Gasteiger partial charge is 0.481 e. The molecule has 1 heterocycles. The molecule has 106 valence electrons. The second-order valence-electron chi connectivity index (χ2n) is 5.21. The van der Waals surface area contributed by atoms with Crippen molar-refractivity contribution in [3.8, 4) is 0 Å². The second kappa shape index (κ2) is 6.49. The van der Waals surface area contributed by atoms with Crippen LogP contribution < -0.4 is 4.72 Å². The summed E-state index contributed by atoms with van der Waals surface area (Å²) in [4.78, 5) is 10.7. The summed E-state index contributed by atoms with van der Waals surface area (Å²) in [6.45, 7) is 5.06. The number of nitrogens with zero attached hydrogens (tertiary/aromatic N) is 1. The second-order valence-corrected chi connectivity index (χ2v) is 6.97. The Kier molecular flexibility index (Phi) is 5.55. The molecular weight excluding hydrogens is 256 g/mol. The Labute approximate surface area is 109 Å². The summed E-state index contributed by atoms with van der Waals surface area (Å²) in [5, 5.41) is 8.75. The Hall–Kier alpha value is -0.660. The highest BCUT2D eigenvalue weighted by Gasteiger charge is 2.29. The number of piperidine rings is 1. The molecular formula is C11H22N2O4S. The Morgan fingerprint density at radius 3 is 2.72 bits per heavy atom. The first-order chi connectivity index (χ1) is 8.31. The van der Waals surface area contributed by atoms with E-state index in [9.17, 15) is 13.2 Å². The zero-order valence-electron chi connectivity index (χ0n) is 10.9. The lowest BCUT2D eigenvalue weighted by Crippen LogP contribution is -2.47. The zero-order valence-corrected chi connectivity index (χ0v) is 11.7. The number of carbonyl (C=O) groups is 1. The number of hydrogen-bond acceptors (Lipinski definition) is 3. The number of hydrogen-bond donors (Lipinski definition) is 2. The quantitative estimate of drug-likeness (QED) is 0.747. The van der Waals surface area contributed by atoms with Crippen LogP contribution in [0.25, 0.3) is 0 Å². The summed E-state index contributed by atoms with van der Waals surface area (Å²) in [6, 6.07) is 0. The molecule has 1 unspecified atom stereocenters. The summed E-state index contributed by atoms with van der Waals surface area (Å²) >= 11 is 0. The summed E-state index contributed by atoms with van der Waals surface area (Å²) in [6.07, 6.45) is 1.54. The van der Waals surface area contributed by atoms with Crippen LogP contribution in [0.3, 0.4) is 0 Å². The van der Waals surface area contributed by atoms with Gasteiger partial charge in [0.05, 0.1) is 0 Å². The molecule has 0 spiro atoms. The lowest BCUT2D eigenvalue weighted by molar-refractivity contribution is -0.138. The van der Waals surface area contributed by atoms with Crippen molar-refractivity contribution in [2.45, 2.75) is 33.1 Å². The highest BCUT2D eigenvalue weighted by Crippen LogP contribution is 2.21. The number of carboxylic acid groups (broad SMARTS) is 1. The third kappa shape index (κ3) is 4.91. The normalized spacial score (nSPS) is 22.3. The van der Waals surface area contributed by atoms with E-state index in [2.05, 4.69) is 4.72 Å². The van der Waals surface area contributed by atoms with Gasteiger partial charge < -0.3 is 5.11 Å². The van der Waals surface area contributed by atoms with Crippen molar-refractivity contribution in [2.24, 2.45) is 11.8 Å². The van der Waals surface area contributed by atoms with Gasteiger partial charge in [0.15, 0.2) is 0 Å². The molecule has 0 aromatic rings. The highest BCUT2D eigenvalue weighted by atomic mass is 32.2. The van der Waals surface area contributed by atoms with Gasteiger partial charge in [-0.2, -0.15) is 12.7 Å². The van der Waals surface area contributed by atoms with Crippen LogP contribution in [0.2, 0.25) is 0 Å². The predicted molar refractivity (Wildman–Crippen MR) is 68.3 cm³/mol. The minimum absolute atomic E-state index is 0.0379. The van der Waals surface area contributed by atoms with Gasteiger partial charge in [-0.25, -0.2) is 4.72 Å². The lowest BCUT2D eigenvalue weighted by atomic mass is 9.96. The van der Waals surface area contributed by atoms with Crippen molar-refractivity contribution in [2.75, 3.05) is 19.6 Å². The van der Waals surface area contributed by atoms with Gasteiger partial charge >= 0.3 is 5.97 Å². The van der Waals surface area contributed by atoms with E-state index in [-0.39, 0.29) is 18.3 Å². The molecule has 1 fully saturated rings. The fourth-order valence-corrected chi connectivity index (χ4v) is 3.53. The molecule has 0 amide bonds. The van der Waals surface area contributed by atoms with E-state index in [0.717, 1.165) is 12.8 Å². The van der Waals surface area contributed by atoms with Crippen molar-refractivity contribution >= 4 is 16.2 Å². The van der Waals surface area contributed by atoms with Gasteiger partial charge in [0.1, 0.15) is 0 Å². The predicted octanol–water partition coefficient (Wildman–Crippen LogP) is 0.663. The van der Waals surface area contributed by atoms with E-state index in [1.54, 1.807) is 0 Å². The molecule has 1 aliphatic heterocycles. The molecule has 1 atom stereocenters. The minimum atomic E-state index is -3.46. The van der Waals surface area contributed by atoms with Crippen LogP contribution in [0.15, 0.2) is 0 Å². The number of nitrogens with one attached hydrogen (secondary N) is 1. The van der Waals surface area contributed by atoms with Crippen LogP contribution in [0.4, 0.5) is 0 Å². The van der Waals surface area contributed by atoms with Crippen LogP contribution >= 0.6 is 0 Å². The first-order valence-electron chi connectivity index (χ1n) is 6.28. The molecule has 7 heteroatoms. The van der Waals surface area contributed by atoms with Crippen molar-refractivity contribution in [1.29, 1.82) is 0 Å². The molecule has 1 rings (SSSR count). The SMILES string of the molecule is CC(C)CNS(=O)(=O)N1CCCC(CC(=O)O)C1. The van der Waals surface area contributed by atoms with Crippen molar-refractivity contribution in [3.05, 3.63) is 0 Å². The van der Waals surface area contributed by atoms with E-state index in [0.29, 0.717) is 19.6 Å². The average Bonchev–Trinajstić information content (AvgIpc) is 2.26. The Balaban J connectivity index is 2.57. The Morgan fingerprint density at radius 2 is 2.17 bits per heavy atom. The molecule has 0 aliphatic carbocycles. The topological polar surface area (TPSA) is 86.7 Å². The Bertz CT molecular complexity index is 381. The van der Waals surface area contributed by atoms with Crippen LogP contribution in [0.5, 0.6) is 0 Å². The molecule has 0 saturated carbocycles. The fraction of sp³-hybridized carbons (Fsp3) is 0.909. The maximum absolute atomic E-state index is 12.0. The Morgan fingerprint density at radius 1 is 1.50 bits per heavy atom. The highest BCUT2D eigenvalue weighted by molar-refractivity contribution is 7.87. The maximum atomic E-state index is 12.0. The number of rotatable bonds is 6. The van der Waals surface area contributed by atoms with Crippen LogP contribution in [0, 0.1) is 11.8 Å². The molecule has 1 saturated heterocycles. The first-order valence-corrected chi connectivity index (χ1v) is 7.72. The fourth-order valence-electron chi connectivity index (χ4n) is 2.02. The van der Waals surface area contributed by atoms with E-state index < -0.39 is 16.2 Å². The molecule has 0 bridgehead atoms. The van der Waals surface area contributed by atoms with Crippen LogP contribution in [-0.4, -0.2) is 43.4 Å². The third-order valence-corrected chi connectivity index (χ3v) is 4.50. The summed E-state index contributed by atoms with van der Waals surface area (Å²) in [5.41, 5.74) is 0. The van der Waals surface area contributed by atoms with Gasteiger partial charge in [-0.3, -0.25) is 4.79 Å². The van der Waals surface area contributed by atoms with Gasteiger partial charge in [-0.05, 0) is 24.7 Å². The molecule has 0 radical (unpaired) electrons. The molecule has 1 aliphatic rings. The maximum Gasteiger partial charge on any atom is 0.303 e. The van der Waals surface area contributed by atoms with Crippen molar-refractivity contribution in [3.63, 3.8) is 0 Å². The van der Waals surface area contributed by atoms with Gasteiger partial charge in [0, 0.05) is 26.1 Å². The molecule has 0 aromatic carbocycles. The van der Waals surface area contributed by atoms with Gasteiger partial charge in [-0.1, -0.05) is 13.8 Å². The van der Waals surface area contributed by atoms with E-state index in [1.807, 2.05) is 13.8 Å². The molecule has 0 aromatic heterocycles. The number of carboxylic acids is 1. The third-order valence-electron chi connectivity index (χ3n) is 2.96. The van der Waals surface area contributed by atoms with Crippen molar-refractivity contribution < 1.29 is 18.3 Å². The van der Waals surface area contributed by atoms with Gasteiger partial charge in [-0.15, -0.1) is 0 Å². The van der Waals surface area contributed by atoms with Crippen molar-refractivity contribution in [1.82, 2.24) is 9.03 Å². The minimum Gasteiger partial charge on any atom is -0.481 e. The standard InChI is InChI=1S/C11H22N2O4S/c1-9(2)7-12-18(16,17)13-5-3-4-10(8-13)6-11(14)15/h9-10,12H,3-8H2,1-2H3,(H,14,15). The lowest BCUT2D eigenvalue weighted by Gasteiger charge is -2.31. The number of aliphatic carboxylic acids is 1. The first kappa shape index (κ1) is 15.4. The monoisotopic (exact) mass is 278 g/mol. The molecule has 6 nitrogen and oxygen atoms in total. The van der Waals surface area contributed by atoms with E-state index in [1.165, 1.54) is 4.31 Å². The van der Waals surface area contributed by atoms with Gasteiger partial charge in [0.2, 0.25) is 0 Å². The zero-order chi connectivity index (χ0) is 13.8.